The number of amides is 1. The highest BCUT2D eigenvalue weighted by Gasteiger charge is 2.35. The quantitative estimate of drug-likeness (QED) is 0.774. The molecule has 0 saturated carbocycles. The second-order valence-corrected chi connectivity index (χ2v) is 9.41. The van der Waals surface area contributed by atoms with E-state index in [0.29, 0.717) is 44.0 Å². The SMILES string of the molecule is COc1cc2c(cc1OC)CN(C(=O)C1CCN(S(C)(=O)=O)CC1)C(C)C2. The monoisotopic (exact) mass is 396 g/mol. The summed E-state index contributed by atoms with van der Waals surface area (Å²) in [7, 11) is 0.0433. The van der Waals surface area contributed by atoms with E-state index in [1.165, 1.54) is 16.1 Å². The second-order valence-electron chi connectivity index (χ2n) is 7.43. The van der Waals surface area contributed by atoms with Crippen LogP contribution in [0, 0.1) is 5.92 Å². The van der Waals surface area contributed by atoms with Gasteiger partial charge in [-0.05, 0) is 49.4 Å². The zero-order valence-corrected chi connectivity index (χ0v) is 17.2. The number of piperidine rings is 1. The van der Waals surface area contributed by atoms with Crippen molar-refractivity contribution in [3.8, 4) is 11.5 Å². The van der Waals surface area contributed by atoms with Gasteiger partial charge >= 0.3 is 0 Å². The van der Waals surface area contributed by atoms with Crippen LogP contribution in [0.5, 0.6) is 11.5 Å². The van der Waals surface area contributed by atoms with Crippen LogP contribution >= 0.6 is 0 Å². The van der Waals surface area contributed by atoms with E-state index in [2.05, 4.69) is 6.92 Å². The first-order valence-corrected chi connectivity index (χ1v) is 11.1. The zero-order chi connectivity index (χ0) is 19.8. The van der Waals surface area contributed by atoms with Crippen molar-refractivity contribution in [2.75, 3.05) is 33.6 Å². The van der Waals surface area contributed by atoms with Gasteiger partial charge in [0.25, 0.3) is 0 Å². The summed E-state index contributed by atoms with van der Waals surface area (Å²) in [5.41, 5.74) is 2.25. The molecule has 1 atom stereocenters. The van der Waals surface area contributed by atoms with Crippen molar-refractivity contribution >= 4 is 15.9 Å². The van der Waals surface area contributed by atoms with Crippen LogP contribution < -0.4 is 9.47 Å². The highest BCUT2D eigenvalue weighted by molar-refractivity contribution is 7.88. The Hall–Kier alpha value is -1.80. The molecule has 2 aliphatic rings. The molecule has 2 heterocycles. The van der Waals surface area contributed by atoms with Crippen LogP contribution in [0.25, 0.3) is 0 Å². The molecule has 3 rings (SSSR count). The third-order valence-electron chi connectivity index (χ3n) is 5.65. The summed E-state index contributed by atoms with van der Waals surface area (Å²) in [6.45, 7) is 3.43. The van der Waals surface area contributed by atoms with Gasteiger partial charge in [-0.25, -0.2) is 12.7 Å². The molecule has 0 spiro atoms. The Balaban J connectivity index is 1.74. The summed E-state index contributed by atoms with van der Waals surface area (Å²) in [6, 6.07) is 4.04. The molecule has 1 aromatic carbocycles. The Labute approximate surface area is 161 Å². The van der Waals surface area contributed by atoms with Crippen molar-refractivity contribution in [1.82, 2.24) is 9.21 Å². The molecular formula is C19H28N2O5S. The van der Waals surface area contributed by atoms with Crippen LogP contribution in [0.2, 0.25) is 0 Å². The second kappa shape index (κ2) is 7.67. The predicted molar refractivity (Wildman–Crippen MR) is 102 cm³/mol. The number of hydrogen-bond donors (Lipinski definition) is 0. The average Bonchev–Trinajstić information content (AvgIpc) is 2.65. The fourth-order valence-electron chi connectivity index (χ4n) is 4.03. The lowest BCUT2D eigenvalue weighted by Crippen LogP contribution is -2.48. The number of nitrogens with zero attached hydrogens (tertiary/aromatic N) is 2. The minimum atomic E-state index is -3.18. The molecule has 0 N–H and O–H groups in total. The maximum Gasteiger partial charge on any atom is 0.226 e. The van der Waals surface area contributed by atoms with E-state index in [9.17, 15) is 13.2 Å². The van der Waals surface area contributed by atoms with Gasteiger partial charge in [0, 0.05) is 31.6 Å². The van der Waals surface area contributed by atoms with Crippen LogP contribution in [0.3, 0.4) is 0 Å². The molecule has 1 saturated heterocycles. The topological polar surface area (TPSA) is 76.2 Å². The average molecular weight is 397 g/mol. The lowest BCUT2D eigenvalue weighted by atomic mass is 9.90. The number of ether oxygens (including phenoxy) is 2. The van der Waals surface area contributed by atoms with Gasteiger partial charge in [-0.15, -0.1) is 0 Å². The van der Waals surface area contributed by atoms with Crippen LogP contribution in [0.1, 0.15) is 30.9 Å². The molecule has 1 fully saturated rings. The molecule has 1 unspecified atom stereocenters. The molecule has 0 radical (unpaired) electrons. The van der Waals surface area contributed by atoms with Crippen molar-refractivity contribution in [3.05, 3.63) is 23.3 Å². The lowest BCUT2D eigenvalue weighted by molar-refractivity contribution is -0.140. The molecule has 2 aliphatic heterocycles. The van der Waals surface area contributed by atoms with E-state index in [0.717, 1.165) is 12.0 Å². The smallest absolute Gasteiger partial charge is 0.226 e. The molecule has 1 aromatic rings. The van der Waals surface area contributed by atoms with E-state index in [4.69, 9.17) is 9.47 Å². The van der Waals surface area contributed by atoms with E-state index >= 15 is 0 Å². The van der Waals surface area contributed by atoms with Crippen molar-refractivity contribution < 1.29 is 22.7 Å². The number of fused-ring (bicyclic) bond motifs is 1. The van der Waals surface area contributed by atoms with E-state index in [1.807, 2.05) is 17.0 Å². The Bertz CT molecular complexity index is 816. The number of carbonyl (C=O) groups is 1. The standard InChI is InChI=1S/C19H28N2O5S/c1-13-9-15-10-17(25-2)18(26-3)11-16(15)12-21(13)19(22)14-5-7-20(8-6-14)27(4,23)24/h10-11,13-14H,5-9,12H2,1-4H3. The van der Waals surface area contributed by atoms with Crippen LogP contribution in [0.15, 0.2) is 12.1 Å². The highest BCUT2D eigenvalue weighted by Crippen LogP contribution is 2.35. The summed E-state index contributed by atoms with van der Waals surface area (Å²) in [4.78, 5) is 15.0. The van der Waals surface area contributed by atoms with Crippen molar-refractivity contribution in [3.63, 3.8) is 0 Å². The third-order valence-corrected chi connectivity index (χ3v) is 6.95. The first-order chi connectivity index (χ1) is 12.7. The summed E-state index contributed by atoms with van der Waals surface area (Å²) in [5.74, 6) is 1.37. The first kappa shape index (κ1) is 19.9. The third kappa shape index (κ3) is 4.06. The van der Waals surface area contributed by atoms with E-state index in [-0.39, 0.29) is 17.9 Å². The Morgan fingerprint density at radius 1 is 1.07 bits per heavy atom. The van der Waals surface area contributed by atoms with Crippen LogP contribution in [-0.2, 0) is 27.8 Å². The van der Waals surface area contributed by atoms with Gasteiger partial charge in [0.2, 0.25) is 15.9 Å². The summed E-state index contributed by atoms with van der Waals surface area (Å²) in [6.07, 6.45) is 3.14. The van der Waals surface area contributed by atoms with Gasteiger partial charge in [-0.3, -0.25) is 4.79 Å². The molecule has 0 aromatic heterocycles. The minimum Gasteiger partial charge on any atom is -0.493 e. The normalized spacial score (nSPS) is 21.6. The molecule has 0 aliphatic carbocycles. The summed E-state index contributed by atoms with van der Waals surface area (Å²) >= 11 is 0. The fraction of sp³-hybridized carbons (Fsp3) is 0.632. The number of benzene rings is 1. The number of sulfonamides is 1. The number of carbonyl (C=O) groups excluding carboxylic acids is 1. The molecular weight excluding hydrogens is 368 g/mol. The van der Waals surface area contributed by atoms with Crippen LogP contribution in [0.4, 0.5) is 0 Å². The largest absolute Gasteiger partial charge is 0.493 e. The molecule has 7 nitrogen and oxygen atoms in total. The molecule has 0 bridgehead atoms. The van der Waals surface area contributed by atoms with E-state index < -0.39 is 10.0 Å². The number of methoxy groups -OCH3 is 2. The van der Waals surface area contributed by atoms with Gasteiger partial charge < -0.3 is 14.4 Å². The van der Waals surface area contributed by atoms with E-state index in [1.54, 1.807) is 14.2 Å². The number of rotatable bonds is 4. The lowest BCUT2D eigenvalue weighted by Gasteiger charge is -2.39. The first-order valence-electron chi connectivity index (χ1n) is 9.24. The van der Waals surface area contributed by atoms with Crippen LogP contribution in [-0.4, -0.2) is 63.1 Å². The van der Waals surface area contributed by atoms with Crippen molar-refractivity contribution in [1.29, 1.82) is 0 Å². The number of hydrogen-bond acceptors (Lipinski definition) is 5. The molecule has 8 heteroatoms. The van der Waals surface area contributed by atoms with Crippen molar-refractivity contribution in [2.24, 2.45) is 5.92 Å². The van der Waals surface area contributed by atoms with Gasteiger partial charge in [0.1, 0.15) is 0 Å². The molecule has 27 heavy (non-hydrogen) atoms. The molecule has 150 valence electrons. The minimum absolute atomic E-state index is 0.0936. The maximum atomic E-state index is 13.1. The van der Waals surface area contributed by atoms with Gasteiger partial charge in [-0.1, -0.05) is 0 Å². The Morgan fingerprint density at radius 3 is 2.15 bits per heavy atom. The predicted octanol–water partition coefficient (Wildman–Crippen LogP) is 1.65. The Morgan fingerprint density at radius 2 is 1.63 bits per heavy atom. The zero-order valence-electron chi connectivity index (χ0n) is 16.4. The van der Waals surface area contributed by atoms with Gasteiger partial charge in [0.15, 0.2) is 11.5 Å². The highest BCUT2D eigenvalue weighted by atomic mass is 32.2. The summed E-state index contributed by atoms with van der Waals surface area (Å²) < 4.78 is 35.6. The molecule has 1 amide bonds. The fourth-order valence-corrected chi connectivity index (χ4v) is 4.91. The maximum absolute atomic E-state index is 13.1. The van der Waals surface area contributed by atoms with Gasteiger partial charge in [0.05, 0.1) is 20.5 Å². The Kier molecular flexibility index (Phi) is 5.67. The van der Waals surface area contributed by atoms with Crippen molar-refractivity contribution in [2.45, 2.75) is 38.8 Å². The van der Waals surface area contributed by atoms with Gasteiger partial charge in [-0.2, -0.15) is 0 Å². The summed E-state index contributed by atoms with van der Waals surface area (Å²) in [5, 5.41) is 0.